The number of ether oxygens (including phenoxy) is 1. The van der Waals surface area contributed by atoms with Crippen molar-refractivity contribution in [3.05, 3.63) is 22.6 Å². The van der Waals surface area contributed by atoms with Crippen LogP contribution in [0.2, 0.25) is 0 Å². The molecule has 6 nitrogen and oxygen atoms in total. The van der Waals surface area contributed by atoms with Gasteiger partial charge in [-0.05, 0) is 55.3 Å². The van der Waals surface area contributed by atoms with E-state index in [1.165, 1.54) is 0 Å². The summed E-state index contributed by atoms with van der Waals surface area (Å²) in [7, 11) is 0. The number of hydrazine groups is 1. The molecule has 20 heavy (non-hydrogen) atoms. The number of hydrogen-bond acceptors (Lipinski definition) is 5. The molecule has 0 spiro atoms. The van der Waals surface area contributed by atoms with E-state index >= 15 is 0 Å². The Labute approximate surface area is 127 Å². The van der Waals surface area contributed by atoms with Crippen LogP contribution in [0.4, 0.5) is 4.79 Å². The van der Waals surface area contributed by atoms with Crippen molar-refractivity contribution in [2.24, 2.45) is 0 Å². The first-order valence-corrected chi connectivity index (χ1v) is 7.47. The molecule has 2 aliphatic heterocycles. The number of rotatable bonds is 2. The molecule has 2 rings (SSSR count). The molecule has 0 aromatic carbocycles. The molecule has 1 amide bonds. The molecule has 3 N–H and O–H groups in total. The van der Waals surface area contributed by atoms with Crippen molar-refractivity contribution >= 4 is 22.0 Å². The number of nitrogens with one attached hydrogen (secondary N) is 3. The van der Waals surface area contributed by atoms with Crippen LogP contribution in [0.25, 0.3) is 0 Å². The van der Waals surface area contributed by atoms with Gasteiger partial charge in [-0.25, -0.2) is 4.79 Å². The number of carbonyl (C=O) groups is 1. The Hall–Kier alpha value is -1.37. The minimum absolute atomic E-state index is 0.113. The third kappa shape index (κ3) is 4.33. The van der Waals surface area contributed by atoms with Crippen LogP contribution in [-0.4, -0.2) is 35.7 Å². The van der Waals surface area contributed by atoms with E-state index in [4.69, 9.17) is 4.74 Å². The number of likely N-dealkylation sites (tertiary alicyclic amines) is 1. The Morgan fingerprint density at radius 2 is 2.20 bits per heavy atom. The summed E-state index contributed by atoms with van der Waals surface area (Å²) >= 11 is 3.35. The van der Waals surface area contributed by atoms with Crippen LogP contribution in [0, 0.1) is 0 Å². The van der Waals surface area contributed by atoms with Crippen LogP contribution < -0.4 is 16.2 Å². The lowest BCUT2D eigenvalue weighted by atomic mass is 10.2. The van der Waals surface area contributed by atoms with E-state index in [1.807, 2.05) is 32.9 Å². The first kappa shape index (κ1) is 15.0. The lowest BCUT2D eigenvalue weighted by Crippen LogP contribution is -2.43. The van der Waals surface area contributed by atoms with E-state index in [-0.39, 0.29) is 12.1 Å². The highest BCUT2D eigenvalue weighted by Crippen LogP contribution is 2.17. The Morgan fingerprint density at radius 3 is 2.80 bits per heavy atom. The summed E-state index contributed by atoms with van der Waals surface area (Å²) in [4.78, 5) is 13.9. The van der Waals surface area contributed by atoms with Gasteiger partial charge in [0, 0.05) is 13.1 Å². The second-order valence-electron chi connectivity index (χ2n) is 5.89. The highest BCUT2D eigenvalue weighted by molar-refractivity contribution is 9.11. The molecule has 0 bridgehead atoms. The van der Waals surface area contributed by atoms with E-state index in [0.717, 1.165) is 29.9 Å². The number of hydrogen-bond donors (Lipinski definition) is 3. The van der Waals surface area contributed by atoms with Gasteiger partial charge < -0.3 is 15.0 Å². The zero-order chi connectivity index (χ0) is 14.8. The highest BCUT2D eigenvalue weighted by Gasteiger charge is 2.27. The fourth-order valence-corrected chi connectivity index (χ4v) is 2.35. The topological polar surface area (TPSA) is 65.6 Å². The Bertz CT molecular complexity index is 442. The van der Waals surface area contributed by atoms with Crippen molar-refractivity contribution in [2.75, 3.05) is 13.1 Å². The van der Waals surface area contributed by atoms with Crippen molar-refractivity contribution in [1.82, 2.24) is 21.1 Å². The molecular formula is C13H21BrN4O2. The second-order valence-corrected chi connectivity index (χ2v) is 6.75. The first-order valence-electron chi connectivity index (χ1n) is 6.67. The highest BCUT2D eigenvalue weighted by atomic mass is 79.9. The first-order chi connectivity index (χ1) is 9.33. The van der Waals surface area contributed by atoms with Crippen LogP contribution in [0.1, 0.15) is 27.2 Å². The number of allylic oxidation sites excluding steroid dienone is 2. The molecule has 0 aliphatic carbocycles. The molecule has 0 saturated carbocycles. The lowest BCUT2D eigenvalue weighted by molar-refractivity contribution is 0.0506. The SMILES string of the molecule is CC(C)(C)OC(=O)N[C@@H]1CCN(C2=CC=C(Br)NN2)C1. The molecule has 2 heterocycles. The van der Waals surface area contributed by atoms with Crippen LogP contribution in [0.3, 0.4) is 0 Å². The largest absolute Gasteiger partial charge is 0.444 e. The zero-order valence-corrected chi connectivity index (χ0v) is 13.6. The van der Waals surface area contributed by atoms with Gasteiger partial charge in [-0.1, -0.05) is 0 Å². The summed E-state index contributed by atoms with van der Waals surface area (Å²) in [6, 6.07) is 0.113. The molecular weight excluding hydrogens is 324 g/mol. The van der Waals surface area contributed by atoms with Crippen molar-refractivity contribution < 1.29 is 9.53 Å². The average Bonchev–Trinajstić information content (AvgIpc) is 2.75. The molecule has 1 fully saturated rings. The van der Waals surface area contributed by atoms with Crippen LogP contribution >= 0.6 is 15.9 Å². The normalized spacial score (nSPS) is 22.4. The summed E-state index contributed by atoms with van der Waals surface area (Å²) in [5, 5.41) is 2.91. The van der Waals surface area contributed by atoms with Gasteiger partial charge >= 0.3 is 6.09 Å². The third-order valence-electron chi connectivity index (χ3n) is 2.95. The minimum Gasteiger partial charge on any atom is -0.444 e. The van der Waals surface area contributed by atoms with E-state index < -0.39 is 5.60 Å². The number of halogens is 1. The number of alkyl carbamates (subject to hydrolysis) is 1. The Kier molecular flexibility index (Phi) is 4.47. The van der Waals surface area contributed by atoms with Crippen molar-refractivity contribution in [2.45, 2.75) is 38.8 Å². The molecule has 112 valence electrons. The average molecular weight is 345 g/mol. The summed E-state index contributed by atoms with van der Waals surface area (Å²) in [6.07, 6.45) is 4.50. The van der Waals surface area contributed by atoms with Gasteiger partial charge in [0.05, 0.1) is 10.6 Å². The van der Waals surface area contributed by atoms with Crippen molar-refractivity contribution in [1.29, 1.82) is 0 Å². The monoisotopic (exact) mass is 344 g/mol. The molecule has 0 radical (unpaired) electrons. The molecule has 1 saturated heterocycles. The summed E-state index contributed by atoms with van der Waals surface area (Å²) in [5.74, 6) is 1.00. The molecule has 2 aliphatic rings. The van der Waals surface area contributed by atoms with Crippen LogP contribution in [0.15, 0.2) is 22.6 Å². The summed E-state index contributed by atoms with van der Waals surface area (Å²) in [5.41, 5.74) is 5.64. The fraction of sp³-hybridized carbons (Fsp3) is 0.615. The van der Waals surface area contributed by atoms with Gasteiger partial charge in [0.2, 0.25) is 0 Å². The van der Waals surface area contributed by atoms with Crippen LogP contribution in [-0.2, 0) is 4.74 Å². The zero-order valence-electron chi connectivity index (χ0n) is 12.0. The van der Waals surface area contributed by atoms with Gasteiger partial charge in [0.1, 0.15) is 11.4 Å². The maximum Gasteiger partial charge on any atom is 0.407 e. The van der Waals surface area contributed by atoms with Crippen molar-refractivity contribution in [3.8, 4) is 0 Å². The Morgan fingerprint density at radius 1 is 1.45 bits per heavy atom. The van der Waals surface area contributed by atoms with Crippen molar-refractivity contribution in [3.63, 3.8) is 0 Å². The summed E-state index contributed by atoms with van der Waals surface area (Å²) < 4.78 is 6.16. The van der Waals surface area contributed by atoms with Crippen LogP contribution in [0.5, 0.6) is 0 Å². The fourth-order valence-electron chi connectivity index (χ4n) is 2.11. The predicted octanol–water partition coefficient (Wildman–Crippen LogP) is 1.77. The standard InChI is InChI=1S/C13H21BrN4O2/c1-13(2,3)20-12(19)15-9-6-7-18(8-9)11-5-4-10(14)16-17-11/h4-5,9,16-17H,6-8H2,1-3H3,(H,15,19)/t9-/m1/s1. The molecule has 1 atom stereocenters. The number of amides is 1. The third-order valence-corrected chi connectivity index (χ3v) is 3.41. The lowest BCUT2D eigenvalue weighted by Gasteiger charge is -2.26. The van der Waals surface area contributed by atoms with E-state index in [9.17, 15) is 4.79 Å². The van der Waals surface area contributed by atoms with Gasteiger partial charge in [0.15, 0.2) is 0 Å². The Balaban J connectivity index is 1.82. The van der Waals surface area contributed by atoms with E-state index in [2.05, 4.69) is 37.0 Å². The predicted molar refractivity (Wildman–Crippen MR) is 80.7 cm³/mol. The molecule has 7 heteroatoms. The second kappa shape index (κ2) is 5.95. The maximum atomic E-state index is 11.7. The molecule has 0 unspecified atom stereocenters. The van der Waals surface area contributed by atoms with Gasteiger partial charge in [-0.2, -0.15) is 0 Å². The molecule has 0 aromatic rings. The smallest absolute Gasteiger partial charge is 0.407 e. The quantitative estimate of drug-likeness (QED) is 0.666. The van der Waals surface area contributed by atoms with E-state index in [0.29, 0.717) is 0 Å². The minimum atomic E-state index is -0.461. The van der Waals surface area contributed by atoms with Gasteiger partial charge in [-0.3, -0.25) is 10.9 Å². The van der Waals surface area contributed by atoms with Gasteiger partial charge in [-0.15, -0.1) is 0 Å². The van der Waals surface area contributed by atoms with Gasteiger partial charge in [0.25, 0.3) is 0 Å². The van der Waals surface area contributed by atoms with E-state index in [1.54, 1.807) is 0 Å². The number of carbonyl (C=O) groups excluding carboxylic acids is 1. The maximum absolute atomic E-state index is 11.7. The summed E-state index contributed by atoms with van der Waals surface area (Å²) in [6.45, 7) is 7.25. The molecule has 0 aromatic heterocycles. The number of nitrogens with zero attached hydrogens (tertiary/aromatic N) is 1.